The molecule has 19 heavy (non-hydrogen) atoms. The summed E-state index contributed by atoms with van der Waals surface area (Å²) in [6.45, 7) is 1.32. The van der Waals surface area contributed by atoms with E-state index in [1.807, 2.05) is 27.8 Å². The quantitative estimate of drug-likeness (QED) is 0.921. The van der Waals surface area contributed by atoms with Gasteiger partial charge in [0.25, 0.3) is 0 Å². The maximum atomic E-state index is 12.5. The highest BCUT2D eigenvalue weighted by molar-refractivity contribution is 7.10. The van der Waals surface area contributed by atoms with Gasteiger partial charge in [-0.2, -0.15) is 0 Å². The first-order valence-electron chi connectivity index (χ1n) is 6.30. The number of carbonyl (C=O) groups excluding carboxylic acids is 1. The third-order valence-electron chi connectivity index (χ3n) is 3.36. The summed E-state index contributed by atoms with van der Waals surface area (Å²) < 4.78 is 0. The van der Waals surface area contributed by atoms with Crippen molar-refractivity contribution >= 4 is 28.6 Å². The molecule has 0 saturated heterocycles. The number of carbonyl (C=O) groups is 1. The Bertz CT molecular complexity index is 508. The average Bonchev–Trinajstić information content (AvgIpc) is 2.88. The zero-order valence-electron chi connectivity index (χ0n) is 10.5. The van der Waals surface area contributed by atoms with Crippen LogP contribution in [0.2, 0.25) is 0 Å². The lowest BCUT2D eigenvalue weighted by molar-refractivity contribution is -0.134. The van der Waals surface area contributed by atoms with Crippen molar-refractivity contribution in [2.75, 3.05) is 0 Å². The van der Waals surface area contributed by atoms with Crippen LogP contribution in [-0.4, -0.2) is 16.3 Å². The zero-order chi connectivity index (χ0) is 13.3. The Morgan fingerprint density at radius 1 is 1.16 bits per heavy atom. The standard InChI is InChI=1S/C14H16N2OS2/c15-14(5-6-14)13(17)16(9-11-3-1-7-18-11)10-12-4-2-8-19-12/h1-4,7-8H,5-6,9-10,15H2. The smallest absolute Gasteiger partial charge is 0.243 e. The highest BCUT2D eigenvalue weighted by Crippen LogP contribution is 2.35. The molecule has 0 unspecified atom stereocenters. The van der Waals surface area contributed by atoms with Gasteiger partial charge in [0, 0.05) is 9.75 Å². The van der Waals surface area contributed by atoms with Gasteiger partial charge in [0.05, 0.1) is 18.6 Å². The predicted octanol–water partition coefficient (Wildman–Crippen LogP) is 2.83. The van der Waals surface area contributed by atoms with E-state index in [0.29, 0.717) is 13.1 Å². The molecule has 2 heterocycles. The fourth-order valence-electron chi connectivity index (χ4n) is 2.04. The predicted molar refractivity (Wildman–Crippen MR) is 79.0 cm³/mol. The first-order chi connectivity index (χ1) is 9.17. The molecule has 0 spiro atoms. The van der Waals surface area contributed by atoms with Gasteiger partial charge in [-0.15, -0.1) is 22.7 Å². The summed E-state index contributed by atoms with van der Waals surface area (Å²) in [5, 5.41) is 4.08. The summed E-state index contributed by atoms with van der Waals surface area (Å²) in [6, 6.07) is 8.16. The molecule has 0 bridgehead atoms. The number of nitrogens with zero attached hydrogens (tertiary/aromatic N) is 1. The molecule has 1 aliphatic carbocycles. The van der Waals surface area contributed by atoms with Crippen molar-refractivity contribution in [3.05, 3.63) is 44.8 Å². The van der Waals surface area contributed by atoms with E-state index in [9.17, 15) is 4.79 Å². The van der Waals surface area contributed by atoms with E-state index >= 15 is 0 Å². The monoisotopic (exact) mass is 292 g/mol. The molecular weight excluding hydrogens is 276 g/mol. The van der Waals surface area contributed by atoms with Crippen molar-refractivity contribution < 1.29 is 4.79 Å². The van der Waals surface area contributed by atoms with Crippen LogP contribution >= 0.6 is 22.7 Å². The van der Waals surface area contributed by atoms with Crippen molar-refractivity contribution in [1.82, 2.24) is 4.90 Å². The number of rotatable bonds is 5. The lowest BCUT2D eigenvalue weighted by Crippen LogP contribution is -2.44. The van der Waals surface area contributed by atoms with Crippen molar-refractivity contribution in [3.63, 3.8) is 0 Å². The lowest BCUT2D eigenvalue weighted by atomic mass is 10.2. The number of hydrogen-bond donors (Lipinski definition) is 1. The summed E-state index contributed by atoms with van der Waals surface area (Å²) in [5.41, 5.74) is 5.48. The molecular formula is C14H16N2OS2. The molecule has 2 N–H and O–H groups in total. The molecule has 3 rings (SSSR count). The Kier molecular flexibility index (Phi) is 3.43. The van der Waals surface area contributed by atoms with E-state index < -0.39 is 5.54 Å². The molecule has 1 amide bonds. The SMILES string of the molecule is NC1(C(=O)N(Cc2cccs2)Cc2cccs2)CC1. The van der Waals surface area contributed by atoms with Gasteiger partial charge in [0.2, 0.25) is 5.91 Å². The molecule has 1 saturated carbocycles. The molecule has 0 atom stereocenters. The fourth-order valence-corrected chi connectivity index (χ4v) is 3.48. The Morgan fingerprint density at radius 2 is 1.68 bits per heavy atom. The zero-order valence-corrected chi connectivity index (χ0v) is 12.2. The Balaban J connectivity index is 1.76. The highest BCUT2D eigenvalue weighted by atomic mass is 32.1. The van der Waals surface area contributed by atoms with Gasteiger partial charge in [0.15, 0.2) is 0 Å². The minimum atomic E-state index is -0.589. The average molecular weight is 292 g/mol. The van der Waals surface area contributed by atoms with Crippen LogP contribution in [0.3, 0.4) is 0 Å². The van der Waals surface area contributed by atoms with E-state index in [1.54, 1.807) is 22.7 Å². The molecule has 0 aliphatic heterocycles. The number of amides is 1. The summed E-state index contributed by atoms with van der Waals surface area (Å²) in [5.74, 6) is 0.0919. The Morgan fingerprint density at radius 3 is 2.05 bits per heavy atom. The second-order valence-electron chi connectivity index (χ2n) is 4.98. The largest absolute Gasteiger partial charge is 0.331 e. The second kappa shape index (κ2) is 5.07. The molecule has 1 aliphatic rings. The van der Waals surface area contributed by atoms with Crippen LogP contribution in [0.25, 0.3) is 0 Å². The van der Waals surface area contributed by atoms with Gasteiger partial charge in [-0.1, -0.05) is 12.1 Å². The van der Waals surface area contributed by atoms with Crippen LogP contribution < -0.4 is 5.73 Å². The van der Waals surface area contributed by atoms with E-state index in [-0.39, 0.29) is 5.91 Å². The van der Waals surface area contributed by atoms with Crippen molar-refractivity contribution in [2.24, 2.45) is 5.73 Å². The fraction of sp³-hybridized carbons (Fsp3) is 0.357. The molecule has 3 nitrogen and oxygen atoms in total. The minimum absolute atomic E-state index is 0.0919. The van der Waals surface area contributed by atoms with Gasteiger partial charge in [-0.25, -0.2) is 0 Å². The first-order valence-corrected chi connectivity index (χ1v) is 8.06. The van der Waals surface area contributed by atoms with Gasteiger partial charge < -0.3 is 10.6 Å². The van der Waals surface area contributed by atoms with Gasteiger partial charge in [-0.3, -0.25) is 4.79 Å². The summed E-state index contributed by atoms with van der Waals surface area (Å²) >= 11 is 3.36. The highest BCUT2D eigenvalue weighted by Gasteiger charge is 2.48. The minimum Gasteiger partial charge on any atom is -0.331 e. The van der Waals surface area contributed by atoms with Crippen LogP contribution in [0.1, 0.15) is 22.6 Å². The third-order valence-corrected chi connectivity index (χ3v) is 5.08. The second-order valence-corrected chi connectivity index (χ2v) is 7.04. The van der Waals surface area contributed by atoms with Gasteiger partial charge >= 0.3 is 0 Å². The van der Waals surface area contributed by atoms with Gasteiger partial charge in [0.1, 0.15) is 0 Å². The third kappa shape index (κ3) is 2.88. The number of nitrogens with two attached hydrogens (primary N) is 1. The van der Waals surface area contributed by atoms with Crippen molar-refractivity contribution in [2.45, 2.75) is 31.5 Å². The summed E-state index contributed by atoms with van der Waals surface area (Å²) in [7, 11) is 0. The normalized spacial score (nSPS) is 16.3. The maximum absolute atomic E-state index is 12.5. The maximum Gasteiger partial charge on any atom is 0.243 e. The summed E-state index contributed by atoms with van der Waals surface area (Å²) in [6.07, 6.45) is 1.63. The first kappa shape index (κ1) is 12.8. The van der Waals surface area contributed by atoms with Crippen LogP contribution in [0.5, 0.6) is 0 Å². The summed E-state index contributed by atoms with van der Waals surface area (Å²) in [4.78, 5) is 16.8. The number of thiophene rings is 2. The molecule has 5 heteroatoms. The van der Waals surface area contributed by atoms with E-state index in [0.717, 1.165) is 12.8 Å². The molecule has 2 aromatic rings. The van der Waals surface area contributed by atoms with E-state index in [4.69, 9.17) is 5.73 Å². The molecule has 2 aromatic heterocycles. The van der Waals surface area contributed by atoms with Crippen LogP contribution in [0.15, 0.2) is 35.0 Å². The number of hydrogen-bond acceptors (Lipinski definition) is 4. The molecule has 0 radical (unpaired) electrons. The van der Waals surface area contributed by atoms with Crippen LogP contribution in [0, 0.1) is 0 Å². The molecule has 0 aromatic carbocycles. The lowest BCUT2D eigenvalue weighted by Gasteiger charge is -2.24. The topological polar surface area (TPSA) is 46.3 Å². The molecule has 1 fully saturated rings. The van der Waals surface area contributed by atoms with E-state index in [1.165, 1.54) is 9.75 Å². The molecule has 100 valence electrons. The van der Waals surface area contributed by atoms with Gasteiger partial charge in [-0.05, 0) is 35.7 Å². The van der Waals surface area contributed by atoms with Crippen LogP contribution in [0.4, 0.5) is 0 Å². The van der Waals surface area contributed by atoms with Crippen LogP contribution in [-0.2, 0) is 17.9 Å². The Hall–Kier alpha value is -1.17. The van der Waals surface area contributed by atoms with Crippen molar-refractivity contribution in [3.8, 4) is 0 Å². The Labute approximate surface area is 120 Å². The van der Waals surface area contributed by atoms with Crippen molar-refractivity contribution in [1.29, 1.82) is 0 Å². The van der Waals surface area contributed by atoms with E-state index in [2.05, 4.69) is 12.1 Å².